The number of aryl methyl sites for hydroxylation is 1. The Hall–Kier alpha value is -3.56. The zero-order valence-corrected chi connectivity index (χ0v) is 20.5. The Morgan fingerprint density at radius 3 is 2.66 bits per heavy atom. The van der Waals surface area contributed by atoms with Gasteiger partial charge in [0, 0.05) is 18.2 Å². The average molecular weight is 490 g/mol. The molecule has 0 bridgehead atoms. The number of anilines is 1. The fourth-order valence-corrected chi connectivity index (χ4v) is 6.24. The Morgan fingerprint density at radius 2 is 1.89 bits per heavy atom. The van der Waals surface area contributed by atoms with Gasteiger partial charge in [-0.1, -0.05) is 24.6 Å². The van der Waals surface area contributed by atoms with Crippen LogP contribution in [-0.4, -0.2) is 45.8 Å². The highest BCUT2D eigenvalue weighted by Crippen LogP contribution is 2.27. The van der Waals surface area contributed by atoms with E-state index in [0.29, 0.717) is 29.2 Å². The number of rotatable bonds is 5. The molecule has 35 heavy (non-hydrogen) atoms. The van der Waals surface area contributed by atoms with Crippen LogP contribution >= 0.6 is 0 Å². The van der Waals surface area contributed by atoms with Crippen molar-refractivity contribution in [1.29, 1.82) is 0 Å². The molecule has 1 fully saturated rings. The van der Waals surface area contributed by atoms with Crippen LogP contribution in [0.4, 0.5) is 5.69 Å². The van der Waals surface area contributed by atoms with Crippen molar-refractivity contribution in [3.63, 3.8) is 0 Å². The quantitative estimate of drug-likeness (QED) is 0.444. The molecule has 1 aliphatic heterocycles. The molecule has 2 aromatic heterocycles. The van der Waals surface area contributed by atoms with Gasteiger partial charge >= 0.3 is 0 Å². The predicted octanol–water partition coefficient (Wildman–Crippen LogP) is 4.54. The van der Waals surface area contributed by atoms with E-state index < -0.39 is 10.0 Å². The number of para-hydroxylation sites is 2. The van der Waals surface area contributed by atoms with Crippen LogP contribution in [0.1, 0.15) is 42.1 Å². The second-order valence-electron chi connectivity index (χ2n) is 8.90. The molecule has 0 aliphatic carbocycles. The predicted molar refractivity (Wildman–Crippen MR) is 135 cm³/mol. The van der Waals surface area contributed by atoms with Gasteiger partial charge in [0.05, 0.1) is 27.8 Å². The number of sulfonamides is 1. The Kier molecular flexibility index (Phi) is 6.12. The van der Waals surface area contributed by atoms with Gasteiger partial charge in [-0.25, -0.2) is 18.4 Å². The summed E-state index contributed by atoms with van der Waals surface area (Å²) in [6.07, 6.45) is 6.01. The molecule has 1 unspecified atom stereocenters. The Balaban J connectivity index is 1.37. The topological polar surface area (TPSA) is 97.2 Å². The highest BCUT2D eigenvalue weighted by atomic mass is 32.2. The number of aromatic nitrogens is 3. The van der Waals surface area contributed by atoms with Crippen molar-refractivity contribution in [2.24, 2.45) is 0 Å². The minimum Gasteiger partial charge on any atom is -0.321 e. The molecule has 0 saturated carbocycles. The van der Waals surface area contributed by atoms with Crippen molar-refractivity contribution in [2.45, 2.75) is 44.0 Å². The lowest BCUT2D eigenvalue weighted by molar-refractivity contribution is 0.102. The van der Waals surface area contributed by atoms with E-state index in [1.165, 1.54) is 6.07 Å². The third-order valence-electron chi connectivity index (χ3n) is 6.51. The molecule has 1 N–H and O–H groups in total. The van der Waals surface area contributed by atoms with Gasteiger partial charge in [-0.2, -0.15) is 4.31 Å². The van der Waals surface area contributed by atoms with E-state index in [4.69, 9.17) is 0 Å². The van der Waals surface area contributed by atoms with Crippen molar-refractivity contribution in [3.05, 3.63) is 78.2 Å². The van der Waals surface area contributed by atoms with Crippen molar-refractivity contribution in [2.75, 3.05) is 11.9 Å². The number of hydrogen-bond donors (Lipinski definition) is 1. The van der Waals surface area contributed by atoms with Crippen LogP contribution in [0, 0.1) is 6.92 Å². The van der Waals surface area contributed by atoms with Crippen LogP contribution in [0.3, 0.4) is 0 Å². The molecule has 5 rings (SSSR count). The summed E-state index contributed by atoms with van der Waals surface area (Å²) < 4.78 is 29.9. The van der Waals surface area contributed by atoms with Crippen molar-refractivity contribution in [1.82, 2.24) is 18.8 Å². The molecular weight excluding hydrogens is 462 g/mol. The summed E-state index contributed by atoms with van der Waals surface area (Å²) in [6, 6.07) is 16.0. The van der Waals surface area contributed by atoms with E-state index >= 15 is 0 Å². The number of hydrogen-bond acceptors (Lipinski definition) is 5. The lowest BCUT2D eigenvalue weighted by Gasteiger charge is -2.32. The van der Waals surface area contributed by atoms with Crippen LogP contribution in [-0.2, 0) is 10.0 Å². The van der Waals surface area contributed by atoms with Crippen LogP contribution in [0.25, 0.3) is 16.9 Å². The molecule has 9 heteroatoms. The normalized spacial score (nSPS) is 16.9. The SMILES string of the molecule is Cc1ccc(S(=O)(=O)N2CCCCC2C)cc1C(=O)Nc1ccc(-n2cnc3ccccc32)nc1. The van der Waals surface area contributed by atoms with Crippen LogP contribution in [0.2, 0.25) is 0 Å². The molecule has 180 valence electrons. The molecule has 0 radical (unpaired) electrons. The number of benzene rings is 2. The third kappa shape index (κ3) is 4.44. The van der Waals surface area contributed by atoms with E-state index in [-0.39, 0.29) is 16.8 Å². The van der Waals surface area contributed by atoms with Crippen LogP contribution < -0.4 is 5.32 Å². The summed E-state index contributed by atoms with van der Waals surface area (Å²) in [7, 11) is -3.67. The third-order valence-corrected chi connectivity index (χ3v) is 8.52. The molecule has 1 aliphatic rings. The minimum atomic E-state index is -3.67. The second-order valence-corrected chi connectivity index (χ2v) is 10.8. The molecule has 1 saturated heterocycles. The van der Waals surface area contributed by atoms with E-state index in [1.807, 2.05) is 35.8 Å². The standard InChI is InChI=1S/C26H27N5O3S/c1-18-10-12-21(35(33,34)31-14-6-5-7-19(31)2)15-22(18)26(32)29-20-11-13-25(27-16-20)30-17-28-23-8-3-4-9-24(23)30/h3-4,8-13,15-17,19H,5-7,14H2,1-2H3,(H,29,32). The van der Waals surface area contributed by atoms with Gasteiger partial charge in [0.15, 0.2) is 0 Å². The summed E-state index contributed by atoms with van der Waals surface area (Å²) in [4.78, 5) is 22.1. The molecule has 1 atom stereocenters. The first-order valence-corrected chi connectivity index (χ1v) is 13.1. The van der Waals surface area contributed by atoms with Gasteiger partial charge in [0.1, 0.15) is 12.1 Å². The zero-order chi connectivity index (χ0) is 24.6. The maximum absolute atomic E-state index is 13.3. The molecule has 3 heterocycles. The molecular formula is C26H27N5O3S. The first kappa shape index (κ1) is 23.2. The largest absolute Gasteiger partial charge is 0.321 e. The summed E-state index contributed by atoms with van der Waals surface area (Å²) in [5, 5.41) is 2.84. The van der Waals surface area contributed by atoms with E-state index in [2.05, 4.69) is 15.3 Å². The summed E-state index contributed by atoms with van der Waals surface area (Å²) >= 11 is 0. The minimum absolute atomic E-state index is 0.0514. The number of carbonyl (C=O) groups is 1. The average Bonchev–Trinajstić information content (AvgIpc) is 3.29. The molecule has 8 nitrogen and oxygen atoms in total. The first-order valence-electron chi connectivity index (χ1n) is 11.7. The summed E-state index contributed by atoms with van der Waals surface area (Å²) in [6.45, 7) is 4.23. The molecule has 2 aromatic carbocycles. The summed E-state index contributed by atoms with van der Waals surface area (Å²) in [5.74, 6) is 0.297. The first-order chi connectivity index (χ1) is 16.8. The maximum Gasteiger partial charge on any atom is 0.256 e. The molecule has 4 aromatic rings. The number of pyridine rings is 1. The van der Waals surface area contributed by atoms with Crippen LogP contribution in [0.15, 0.2) is 72.0 Å². The van der Waals surface area contributed by atoms with Crippen molar-refractivity contribution < 1.29 is 13.2 Å². The number of imidazole rings is 1. The maximum atomic E-state index is 13.3. The monoisotopic (exact) mass is 489 g/mol. The Labute approximate surface area is 204 Å². The van der Waals surface area contributed by atoms with Crippen molar-refractivity contribution in [3.8, 4) is 5.82 Å². The number of nitrogens with one attached hydrogen (secondary N) is 1. The van der Waals surface area contributed by atoms with Crippen molar-refractivity contribution >= 4 is 32.7 Å². The Bertz CT molecular complexity index is 1500. The number of nitrogens with zero attached hydrogens (tertiary/aromatic N) is 4. The lowest BCUT2D eigenvalue weighted by atomic mass is 10.1. The number of amides is 1. The number of fused-ring (bicyclic) bond motifs is 1. The van der Waals surface area contributed by atoms with Gasteiger partial charge in [0.2, 0.25) is 10.0 Å². The van der Waals surface area contributed by atoms with Gasteiger partial charge < -0.3 is 5.32 Å². The number of piperidine rings is 1. The van der Waals surface area contributed by atoms with Gasteiger partial charge in [-0.05, 0) is 68.7 Å². The van der Waals surface area contributed by atoms with Gasteiger partial charge in [-0.3, -0.25) is 9.36 Å². The highest BCUT2D eigenvalue weighted by Gasteiger charge is 2.31. The van der Waals surface area contributed by atoms with E-state index in [1.54, 1.807) is 48.0 Å². The molecule has 1 amide bonds. The van der Waals surface area contributed by atoms with E-state index in [9.17, 15) is 13.2 Å². The lowest BCUT2D eigenvalue weighted by Crippen LogP contribution is -2.42. The fourth-order valence-electron chi connectivity index (χ4n) is 4.51. The van der Waals surface area contributed by atoms with Gasteiger partial charge in [-0.15, -0.1) is 0 Å². The molecule has 0 spiro atoms. The fraction of sp³-hybridized carbons (Fsp3) is 0.269. The van der Waals surface area contributed by atoms with Crippen LogP contribution in [0.5, 0.6) is 0 Å². The smallest absolute Gasteiger partial charge is 0.256 e. The van der Waals surface area contributed by atoms with Gasteiger partial charge in [0.25, 0.3) is 5.91 Å². The summed E-state index contributed by atoms with van der Waals surface area (Å²) in [5.41, 5.74) is 3.34. The zero-order valence-electron chi connectivity index (χ0n) is 19.7. The van der Waals surface area contributed by atoms with E-state index in [0.717, 1.165) is 30.3 Å². The number of carbonyl (C=O) groups excluding carboxylic acids is 1. The Morgan fingerprint density at radius 1 is 1.06 bits per heavy atom. The second kappa shape index (κ2) is 9.24. The highest BCUT2D eigenvalue weighted by molar-refractivity contribution is 7.89.